The van der Waals surface area contributed by atoms with Gasteiger partial charge in [0.2, 0.25) is 0 Å². The van der Waals surface area contributed by atoms with Crippen molar-refractivity contribution in [2.24, 2.45) is 0 Å². The first-order valence-electron chi connectivity index (χ1n) is 10.8. The predicted molar refractivity (Wildman–Crippen MR) is 132 cm³/mol. The number of amides is 2. The van der Waals surface area contributed by atoms with Crippen molar-refractivity contribution in [3.8, 4) is 0 Å². The zero-order chi connectivity index (χ0) is 20.8. The Hall–Kier alpha value is -0.950. The van der Waals surface area contributed by atoms with Crippen LogP contribution in [0.5, 0.6) is 0 Å². The molecule has 0 aliphatic carbocycles. The smallest absolute Gasteiger partial charge is 0.261 e. The number of carbonyl (C=O) groups excluding carboxylic acids is 2. The summed E-state index contributed by atoms with van der Waals surface area (Å²) in [5.74, 6) is -0.308. The first kappa shape index (κ1) is 22.7. The van der Waals surface area contributed by atoms with Gasteiger partial charge in [0.05, 0.1) is 0 Å². The minimum Gasteiger partial charge on any atom is -0.274 e. The highest BCUT2D eigenvalue weighted by molar-refractivity contribution is 14.1. The van der Waals surface area contributed by atoms with Crippen LogP contribution in [0, 0.1) is 3.57 Å². The molecule has 2 aromatic carbocycles. The SMILES string of the molecule is CCCCCCCCCCCCN1C(=O)c2cccc3c(Br)c(I)cc(c23)C1=O. The van der Waals surface area contributed by atoms with Gasteiger partial charge in [0, 0.05) is 31.1 Å². The standard InChI is InChI=1S/C24H29BrINO2/c1-2-3-4-5-6-7-8-9-10-11-15-27-23(28)18-14-12-13-17-21(18)19(24(27)29)16-20(26)22(17)25/h12-14,16H,2-11,15H2,1H3. The molecule has 0 fully saturated rings. The second kappa shape index (κ2) is 10.9. The molecular weight excluding hydrogens is 541 g/mol. The molecule has 0 radical (unpaired) electrons. The van der Waals surface area contributed by atoms with Crippen LogP contribution >= 0.6 is 38.5 Å². The van der Waals surface area contributed by atoms with Crippen molar-refractivity contribution in [2.45, 2.75) is 71.1 Å². The largest absolute Gasteiger partial charge is 0.274 e. The molecule has 3 rings (SSSR count). The number of nitrogens with zero attached hydrogens (tertiary/aromatic N) is 1. The lowest BCUT2D eigenvalue weighted by Gasteiger charge is -2.27. The molecule has 156 valence electrons. The fraction of sp³-hybridized carbons (Fsp3) is 0.500. The van der Waals surface area contributed by atoms with Gasteiger partial charge >= 0.3 is 0 Å². The maximum Gasteiger partial charge on any atom is 0.261 e. The maximum atomic E-state index is 13.1. The van der Waals surface area contributed by atoms with E-state index in [4.69, 9.17) is 0 Å². The number of benzene rings is 2. The third-order valence-corrected chi connectivity index (χ3v) is 8.18. The third kappa shape index (κ3) is 5.22. The second-order valence-electron chi connectivity index (χ2n) is 7.89. The van der Waals surface area contributed by atoms with Crippen molar-refractivity contribution < 1.29 is 9.59 Å². The minimum absolute atomic E-state index is 0.153. The van der Waals surface area contributed by atoms with Gasteiger partial charge < -0.3 is 0 Å². The molecular formula is C24H29BrINO2. The monoisotopic (exact) mass is 569 g/mol. The van der Waals surface area contributed by atoms with Crippen molar-refractivity contribution in [1.82, 2.24) is 4.90 Å². The van der Waals surface area contributed by atoms with Gasteiger partial charge in [-0.25, -0.2) is 0 Å². The predicted octanol–water partition coefficient (Wildman–Crippen LogP) is 7.72. The number of unbranched alkanes of at least 4 members (excludes halogenated alkanes) is 9. The molecule has 1 aliphatic heterocycles. The number of imide groups is 1. The molecule has 1 aliphatic rings. The topological polar surface area (TPSA) is 37.4 Å². The maximum absolute atomic E-state index is 13.1. The molecule has 0 aromatic heterocycles. The number of hydrogen-bond acceptors (Lipinski definition) is 2. The van der Waals surface area contributed by atoms with Crippen LogP contribution in [0.15, 0.2) is 28.7 Å². The number of rotatable bonds is 11. The van der Waals surface area contributed by atoms with E-state index < -0.39 is 0 Å². The second-order valence-corrected chi connectivity index (χ2v) is 9.85. The Labute approximate surface area is 195 Å². The zero-order valence-electron chi connectivity index (χ0n) is 17.1. The molecule has 0 atom stereocenters. The van der Waals surface area contributed by atoms with E-state index in [2.05, 4.69) is 45.4 Å². The lowest BCUT2D eigenvalue weighted by Crippen LogP contribution is -2.41. The van der Waals surface area contributed by atoms with Crippen molar-refractivity contribution in [3.05, 3.63) is 43.4 Å². The van der Waals surface area contributed by atoms with Crippen molar-refractivity contribution >= 4 is 61.1 Å². The molecule has 2 aromatic rings. The van der Waals surface area contributed by atoms with Crippen molar-refractivity contribution in [1.29, 1.82) is 0 Å². The van der Waals surface area contributed by atoms with Crippen LogP contribution in [0.25, 0.3) is 10.8 Å². The lowest BCUT2D eigenvalue weighted by molar-refractivity contribution is 0.0607. The van der Waals surface area contributed by atoms with Crippen LogP contribution in [0.3, 0.4) is 0 Å². The molecule has 0 bridgehead atoms. The van der Waals surface area contributed by atoms with Gasteiger partial charge in [-0.2, -0.15) is 0 Å². The Morgan fingerprint density at radius 1 is 0.862 bits per heavy atom. The number of hydrogen-bond donors (Lipinski definition) is 0. The van der Waals surface area contributed by atoms with E-state index in [-0.39, 0.29) is 11.8 Å². The quantitative estimate of drug-likeness (QED) is 0.158. The van der Waals surface area contributed by atoms with Gasteiger partial charge in [-0.15, -0.1) is 0 Å². The summed E-state index contributed by atoms with van der Waals surface area (Å²) in [5, 5.41) is 1.72. The Bertz CT molecular complexity index is 896. The van der Waals surface area contributed by atoms with E-state index in [0.717, 1.165) is 31.7 Å². The molecule has 0 N–H and O–H groups in total. The summed E-state index contributed by atoms with van der Waals surface area (Å²) in [4.78, 5) is 27.5. The molecule has 0 unspecified atom stereocenters. The van der Waals surface area contributed by atoms with E-state index in [0.29, 0.717) is 17.7 Å². The number of halogens is 2. The van der Waals surface area contributed by atoms with Crippen LogP contribution in [-0.4, -0.2) is 23.3 Å². The number of carbonyl (C=O) groups is 2. The highest BCUT2D eigenvalue weighted by Crippen LogP contribution is 2.37. The Morgan fingerprint density at radius 2 is 1.45 bits per heavy atom. The fourth-order valence-corrected chi connectivity index (χ4v) is 5.15. The summed E-state index contributed by atoms with van der Waals surface area (Å²) in [6, 6.07) is 7.60. The Kier molecular flexibility index (Phi) is 8.54. The van der Waals surface area contributed by atoms with Gasteiger partial charge in [-0.3, -0.25) is 14.5 Å². The molecule has 29 heavy (non-hydrogen) atoms. The van der Waals surface area contributed by atoms with Crippen molar-refractivity contribution in [2.75, 3.05) is 6.54 Å². The highest BCUT2D eigenvalue weighted by atomic mass is 127. The third-order valence-electron chi connectivity index (χ3n) is 5.74. The first-order chi connectivity index (χ1) is 14.1. The lowest BCUT2D eigenvalue weighted by atomic mass is 9.94. The summed E-state index contributed by atoms with van der Waals surface area (Å²) >= 11 is 5.84. The summed E-state index contributed by atoms with van der Waals surface area (Å²) in [6.07, 6.45) is 12.4. The average molecular weight is 570 g/mol. The van der Waals surface area contributed by atoms with Crippen LogP contribution < -0.4 is 0 Å². The van der Waals surface area contributed by atoms with E-state index in [1.165, 1.54) is 56.3 Å². The van der Waals surface area contributed by atoms with Gasteiger partial charge in [0.15, 0.2) is 0 Å². The first-order valence-corrected chi connectivity index (χ1v) is 12.7. The fourth-order valence-electron chi connectivity index (χ4n) is 4.11. The van der Waals surface area contributed by atoms with Gasteiger partial charge in [0.25, 0.3) is 11.8 Å². The van der Waals surface area contributed by atoms with Crippen LogP contribution in [0.4, 0.5) is 0 Å². The van der Waals surface area contributed by atoms with Crippen LogP contribution in [-0.2, 0) is 0 Å². The molecule has 0 saturated heterocycles. The molecule has 3 nitrogen and oxygen atoms in total. The molecule has 0 spiro atoms. The summed E-state index contributed by atoms with van der Waals surface area (Å²) in [5.41, 5.74) is 1.29. The molecule has 2 amide bonds. The van der Waals surface area contributed by atoms with E-state index in [1.54, 1.807) is 0 Å². The Morgan fingerprint density at radius 3 is 2.10 bits per heavy atom. The molecule has 5 heteroatoms. The Balaban J connectivity index is 1.55. The van der Waals surface area contributed by atoms with Gasteiger partial charge in [0.1, 0.15) is 0 Å². The highest BCUT2D eigenvalue weighted by Gasteiger charge is 2.33. The zero-order valence-corrected chi connectivity index (χ0v) is 20.9. The summed E-state index contributed by atoms with van der Waals surface area (Å²) in [7, 11) is 0. The van der Waals surface area contributed by atoms with E-state index in [1.807, 2.05) is 24.3 Å². The minimum atomic E-state index is -0.155. The van der Waals surface area contributed by atoms with Gasteiger partial charge in [-0.05, 0) is 62.5 Å². The van der Waals surface area contributed by atoms with E-state index in [9.17, 15) is 9.59 Å². The van der Waals surface area contributed by atoms with Crippen LogP contribution in [0.2, 0.25) is 0 Å². The molecule has 0 saturated carbocycles. The summed E-state index contributed by atoms with van der Waals surface area (Å²) < 4.78 is 1.94. The van der Waals surface area contributed by atoms with Gasteiger partial charge in [-0.1, -0.05) is 76.8 Å². The molecule has 1 heterocycles. The van der Waals surface area contributed by atoms with Crippen LogP contribution in [0.1, 0.15) is 91.8 Å². The normalized spacial score (nSPS) is 13.6. The van der Waals surface area contributed by atoms with Crippen molar-refractivity contribution in [3.63, 3.8) is 0 Å². The summed E-state index contributed by atoms with van der Waals surface area (Å²) in [6.45, 7) is 2.76. The average Bonchev–Trinajstić information content (AvgIpc) is 2.72. The van der Waals surface area contributed by atoms with E-state index >= 15 is 0 Å².